The first-order valence-corrected chi connectivity index (χ1v) is 5.50. The van der Waals surface area contributed by atoms with Gasteiger partial charge < -0.3 is 9.47 Å². The van der Waals surface area contributed by atoms with Crippen LogP contribution in [0.2, 0.25) is 0 Å². The molecule has 0 aromatic carbocycles. The molecule has 0 spiro atoms. The number of Topliss-reactive ketones (excluding diaryl/α,β-unsaturated/α-hetero) is 1. The standard InChI is InChI=1S/C12H20O4/c1-11(2,3)16-10(14)8-7-15-12(4,5)6-9(8)13/h8H,6-7H2,1-5H3. The number of carbonyl (C=O) groups excluding carboxylic acids is 2. The van der Waals surface area contributed by atoms with E-state index in [9.17, 15) is 9.59 Å². The second-order valence-corrected chi connectivity index (χ2v) is 5.80. The minimum Gasteiger partial charge on any atom is -0.459 e. The number of hydrogen-bond donors (Lipinski definition) is 0. The molecule has 0 bridgehead atoms. The monoisotopic (exact) mass is 228 g/mol. The van der Waals surface area contributed by atoms with Crippen LogP contribution >= 0.6 is 0 Å². The molecule has 0 saturated carbocycles. The van der Waals surface area contributed by atoms with Crippen LogP contribution in [0.3, 0.4) is 0 Å². The first kappa shape index (κ1) is 13.2. The Balaban J connectivity index is 2.63. The molecule has 0 aromatic rings. The van der Waals surface area contributed by atoms with E-state index in [1.165, 1.54) is 0 Å². The van der Waals surface area contributed by atoms with Crippen LogP contribution in [-0.2, 0) is 19.1 Å². The zero-order chi connectivity index (χ0) is 12.6. The zero-order valence-electron chi connectivity index (χ0n) is 10.6. The summed E-state index contributed by atoms with van der Waals surface area (Å²) in [5, 5.41) is 0. The molecule has 1 atom stereocenters. The molecule has 16 heavy (non-hydrogen) atoms. The Morgan fingerprint density at radius 2 is 2.00 bits per heavy atom. The van der Waals surface area contributed by atoms with E-state index in [2.05, 4.69) is 0 Å². The van der Waals surface area contributed by atoms with Gasteiger partial charge in [0.15, 0.2) is 5.78 Å². The molecule has 0 radical (unpaired) electrons. The minimum atomic E-state index is -0.757. The van der Waals surface area contributed by atoms with E-state index in [0.29, 0.717) is 0 Å². The Hall–Kier alpha value is -0.900. The smallest absolute Gasteiger partial charge is 0.319 e. The summed E-state index contributed by atoms with van der Waals surface area (Å²) in [6.45, 7) is 9.15. The van der Waals surface area contributed by atoms with Crippen LogP contribution in [0.1, 0.15) is 41.0 Å². The van der Waals surface area contributed by atoms with E-state index in [1.807, 2.05) is 13.8 Å². The summed E-state index contributed by atoms with van der Waals surface area (Å²) in [4.78, 5) is 23.5. The van der Waals surface area contributed by atoms with Crippen LogP contribution in [0.25, 0.3) is 0 Å². The highest BCUT2D eigenvalue weighted by Crippen LogP contribution is 2.26. The van der Waals surface area contributed by atoms with Gasteiger partial charge in [-0.15, -0.1) is 0 Å². The molecule has 1 heterocycles. The Morgan fingerprint density at radius 3 is 2.44 bits per heavy atom. The van der Waals surface area contributed by atoms with Crippen LogP contribution < -0.4 is 0 Å². The second kappa shape index (κ2) is 4.17. The Labute approximate surface area is 96.3 Å². The molecular weight excluding hydrogens is 208 g/mol. The predicted octanol–water partition coefficient (Wildman–Crippen LogP) is 1.71. The molecule has 0 aromatic heterocycles. The molecule has 92 valence electrons. The molecule has 4 nitrogen and oxygen atoms in total. The third-order valence-electron chi connectivity index (χ3n) is 2.32. The fourth-order valence-corrected chi connectivity index (χ4v) is 1.57. The van der Waals surface area contributed by atoms with Gasteiger partial charge >= 0.3 is 5.97 Å². The van der Waals surface area contributed by atoms with Crippen LogP contribution in [0.15, 0.2) is 0 Å². The van der Waals surface area contributed by atoms with Crippen molar-refractivity contribution in [3.63, 3.8) is 0 Å². The summed E-state index contributed by atoms with van der Waals surface area (Å²) in [5.74, 6) is -1.33. The van der Waals surface area contributed by atoms with Gasteiger partial charge in [0.25, 0.3) is 0 Å². The lowest BCUT2D eigenvalue weighted by Crippen LogP contribution is -2.45. The maximum atomic E-state index is 11.8. The maximum absolute atomic E-state index is 11.8. The molecule has 1 unspecified atom stereocenters. The number of carbonyl (C=O) groups is 2. The quantitative estimate of drug-likeness (QED) is 0.506. The third-order valence-corrected chi connectivity index (χ3v) is 2.32. The summed E-state index contributed by atoms with van der Waals surface area (Å²) < 4.78 is 10.6. The average molecular weight is 228 g/mol. The number of rotatable bonds is 1. The van der Waals surface area contributed by atoms with Crippen molar-refractivity contribution in [2.75, 3.05) is 6.61 Å². The molecule has 1 saturated heterocycles. The predicted molar refractivity (Wildman–Crippen MR) is 59.0 cm³/mol. The van der Waals surface area contributed by atoms with Gasteiger partial charge in [0.2, 0.25) is 0 Å². The molecular formula is C12H20O4. The lowest BCUT2D eigenvalue weighted by Gasteiger charge is -2.33. The number of ether oxygens (including phenoxy) is 2. The highest BCUT2D eigenvalue weighted by atomic mass is 16.6. The van der Waals surface area contributed by atoms with Crippen molar-refractivity contribution in [1.29, 1.82) is 0 Å². The van der Waals surface area contributed by atoms with Gasteiger partial charge in [0.1, 0.15) is 11.5 Å². The highest BCUT2D eigenvalue weighted by Gasteiger charge is 2.40. The number of ketones is 1. The molecule has 1 rings (SSSR count). The van der Waals surface area contributed by atoms with E-state index in [1.54, 1.807) is 20.8 Å². The summed E-state index contributed by atoms with van der Waals surface area (Å²) in [6, 6.07) is 0. The van der Waals surface area contributed by atoms with Crippen molar-refractivity contribution in [2.45, 2.75) is 52.2 Å². The van der Waals surface area contributed by atoms with Gasteiger partial charge in [-0.3, -0.25) is 9.59 Å². The Morgan fingerprint density at radius 1 is 1.44 bits per heavy atom. The van der Waals surface area contributed by atoms with Crippen molar-refractivity contribution < 1.29 is 19.1 Å². The van der Waals surface area contributed by atoms with Crippen LogP contribution in [0.4, 0.5) is 0 Å². The van der Waals surface area contributed by atoms with E-state index in [0.717, 1.165) is 0 Å². The van der Waals surface area contributed by atoms with Crippen molar-refractivity contribution in [3.05, 3.63) is 0 Å². The topological polar surface area (TPSA) is 52.6 Å². The summed E-state index contributed by atoms with van der Waals surface area (Å²) in [7, 11) is 0. The van der Waals surface area contributed by atoms with E-state index >= 15 is 0 Å². The fourth-order valence-electron chi connectivity index (χ4n) is 1.57. The van der Waals surface area contributed by atoms with Crippen LogP contribution in [0.5, 0.6) is 0 Å². The molecule has 1 aliphatic rings. The van der Waals surface area contributed by atoms with E-state index < -0.39 is 23.1 Å². The van der Waals surface area contributed by atoms with Crippen molar-refractivity contribution in [1.82, 2.24) is 0 Å². The average Bonchev–Trinajstić information content (AvgIpc) is 1.97. The van der Waals surface area contributed by atoms with Gasteiger partial charge in [-0.25, -0.2) is 0 Å². The normalized spacial score (nSPS) is 25.3. The summed E-state index contributed by atoms with van der Waals surface area (Å²) in [6.07, 6.45) is 0.261. The lowest BCUT2D eigenvalue weighted by molar-refractivity contribution is -0.173. The van der Waals surface area contributed by atoms with Gasteiger partial charge in [0, 0.05) is 6.42 Å². The molecule has 0 aliphatic carbocycles. The maximum Gasteiger partial charge on any atom is 0.319 e. The number of hydrogen-bond acceptors (Lipinski definition) is 4. The SMILES string of the molecule is CC(C)(C)OC(=O)C1COC(C)(C)CC1=O. The Bertz CT molecular complexity index is 299. The van der Waals surface area contributed by atoms with Crippen LogP contribution in [-0.4, -0.2) is 29.6 Å². The molecule has 0 N–H and O–H groups in total. The second-order valence-electron chi connectivity index (χ2n) is 5.80. The fraction of sp³-hybridized carbons (Fsp3) is 0.833. The third kappa shape index (κ3) is 3.59. The van der Waals surface area contributed by atoms with Crippen molar-refractivity contribution >= 4 is 11.8 Å². The molecule has 1 fully saturated rings. The highest BCUT2D eigenvalue weighted by molar-refractivity contribution is 6.00. The lowest BCUT2D eigenvalue weighted by atomic mass is 9.90. The van der Waals surface area contributed by atoms with Crippen molar-refractivity contribution in [3.8, 4) is 0 Å². The zero-order valence-corrected chi connectivity index (χ0v) is 10.6. The molecule has 1 aliphatic heterocycles. The number of esters is 1. The van der Waals surface area contributed by atoms with Crippen molar-refractivity contribution in [2.24, 2.45) is 5.92 Å². The summed E-state index contributed by atoms with van der Waals surface area (Å²) >= 11 is 0. The van der Waals surface area contributed by atoms with Gasteiger partial charge in [0.05, 0.1) is 12.2 Å². The van der Waals surface area contributed by atoms with Crippen LogP contribution in [0, 0.1) is 5.92 Å². The molecule has 4 heteroatoms. The molecule has 0 amide bonds. The summed E-state index contributed by atoms with van der Waals surface area (Å²) in [5.41, 5.74) is -1.03. The van der Waals surface area contributed by atoms with E-state index in [-0.39, 0.29) is 18.8 Å². The Kier molecular flexibility index (Phi) is 3.43. The van der Waals surface area contributed by atoms with Gasteiger partial charge in [-0.1, -0.05) is 0 Å². The minimum absolute atomic E-state index is 0.0921. The van der Waals surface area contributed by atoms with Gasteiger partial charge in [-0.2, -0.15) is 0 Å². The van der Waals surface area contributed by atoms with Gasteiger partial charge in [-0.05, 0) is 34.6 Å². The largest absolute Gasteiger partial charge is 0.459 e. The first-order valence-electron chi connectivity index (χ1n) is 5.50. The van der Waals surface area contributed by atoms with E-state index in [4.69, 9.17) is 9.47 Å². The first-order chi connectivity index (χ1) is 7.11.